The van der Waals surface area contributed by atoms with Gasteiger partial charge in [-0.2, -0.15) is 0 Å². The van der Waals surface area contributed by atoms with Crippen molar-refractivity contribution in [1.29, 1.82) is 0 Å². The third kappa shape index (κ3) is 39.7. The first kappa shape index (κ1) is 60.6. The van der Waals surface area contributed by atoms with Gasteiger partial charge >= 0.3 is 23.9 Å². The molecule has 0 saturated heterocycles. The van der Waals surface area contributed by atoms with Crippen molar-refractivity contribution in [1.82, 2.24) is 0 Å². The molecule has 0 unspecified atom stereocenters. The normalized spacial score (nSPS) is 11.0. The van der Waals surface area contributed by atoms with E-state index in [-0.39, 0.29) is 11.9 Å². The molecule has 0 aliphatic heterocycles. The van der Waals surface area contributed by atoms with Crippen molar-refractivity contribution < 1.29 is 38.1 Å². The molecule has 0 aliphatic rings. The molecule has 1 aromatic carbocycles. The largest absolute Gasteiger partial charge is 0.463 e. The van der Waals surface area contributed by atoms with Gasteiger partial charge in [-0.05, 0) is 37.8 Å². The third-order valence-electron chi connectivity index (χ3n) is 12.7. The van der Waals surface area contributed by atoms with Crippen LogP contribution in [0.3, 0.4) is 0 Å². The zero-order valence-electron chi connectivity index (χ0n) is 42.3. The summed E-state index contributed by atoms with van der Waals surface area (Å²) in [4.78, 5) is 47.7. The molecule has 1 rings (SSSR count). The highest BCUT2D eigenvalue weighted by Crippen LogP contribution is 2.18. The van der Waals surface area contributed by atoms with Gasteiger partial charge in [-0.25, -0.2) is 19.2 Å². The molecule has 8 nitrogen and oxygen atoms in total. The minimum Gasteiger partial charge on any atom is -0.463 e. The maximum Gasteiger partial charge on any atom is 0.339 e. The Morgan fingerprint density at radius 3 is 0.636 bits per heavy atom. The lowest BCUT2D eigenvalue weighted by atomic mass is 10.0. The van der Waals surface area contributed by atoms with Crippen LogP contribution in [0, 0.1) is 0 Å². The molecule has 378 valence electrons. The predicted molar refractivity (Wildman–Crippen MR) is 274 cm³/mol. The zero-order valence-corrected chi connectivity index (χ0v) is 42.3. The molecule has 0 aliphatic carbocycles. The van der Waals surface area contributed by atoms with Gasteiger partial charge in [0.05, 0.1) is 37.6 Å². The van der Waals surface area contributed by atoms with E-state index in [0.717, 1.165) is 51.4 Å². The van der Waals surface area contributed by atoms with Crippen LogP contribution in [0.25, 0.3) is 0 Å². The van der Waals surface area contributed by atoms with E-state index < -0.39 is 11.9 Å². The van der Waals surface area contributed by atoms with Crippen LogP contribution in [0.5, 0.6) is 0 Å². The van der Waals surface area contributed by atoms with Crippen LogP contribution in [0.4, 0.5) is 0 Å². The number of carbonyl (C=O) groups excluding carboxylic acids is 4. The van der Waals surface area contributed by atoms with Crippen molar-refractivity contribution in [2.45, 2.75) is 257 Å². The van der Waals surface area contributed by atoms with Crippen molar-refractivity contribution in [2.75, 3.05) is 26.4 Å². The second kappa shape index (κ2) is 48.1. The van der Waals surface area contributed by atoms with Gasteiger partial charge in [0, 0.05) is 12.2 Å². The van der Waals surface area contributed by atoms with Crippen molar-refractivity contribution in [3.05, 3.63) is 60.7 Å². The monoisotopic (exact) mass is 923 g/mol. The fraction of sp³-hybridized carbons (Fsp3) is 0.759. The number of ether oxygens (including phenoxy) is 4. The second-order valence-corrected chi connectivity index (χ2v) is 18.7. The van der Waals surface area contributed by atoms with E-state index in [4.69, 9.17) is 18.9 Å². The molecule has 0 radical (unpaired) electrons. The van der Waals surface area contributed by atoms with Gasteiger partial charge < -0.3 is 18.9 Å². The Kier molecular flexibility index (Phi) is 44.1. The molecular weight excluding hydrogens is 825 g/mol. The highest BCUT2D eigenvalue weighted by Gasteiger charge is 2.19. The van der Waals surface area contributed by atoms with E-state index in [9.17, 15) is 19.2 Å². The van der Waals surface area contributed by atoms with Crippen LogP contribution < -0.4 is 0 Å². The molecule has 8 heteroatoms. The number of hydrogen-bond donors (Lipinski definition) is 0. The van der Waals surface area contributed by atoms with Crippen LogP contribution in [-0.2, 0) is 28.5 Å². The molecule has 0 heterocycles. The average molecular weight is 923 g/mol. The van der Waals surface area contributed by atoms with Crippen LogP contribution in [0.1, 0.15) is 278 Å². The van der Waals surface area contributed by atoms with Crippen molar-refractivity contribution in [3.63, 3.8) is 0 Å². The van der Waals surface area contributed by atoms with Gasteiger partial charge in [0.25, 0.3) is 0 Å². The van der Waals surface area contributed by atoms with Crippen molar-refractivity contribution in [2.24, 2.45) is 0 Å². The Hall–Kier alpha value is -3.42. The van der Waals surface area contributed by atoms with E-state index >= 15 is 0 Å². The molecule has 0 N–H and O–H groups in total. The highest BCUT2D eigenvalue weighted by atomic mass is 16.5. The summed E-state index contributed by atoms with van der Waals surface area (Å²) in [7, 11) is 0. The summed E-state index contributed by atoms with van der Waals surface area (Å²) >= 11 is 0. The Bertz CT molecular complexity index is 1220. The van der Waals surface area contributed by atoms with Crippen LogP contribution in [0.15, 0.2) is 49.6 Å². The SMILES string of the molecule is C=CC(=O)OCCCCCCCCCCCCCCCCCCCCCCOC(=O)c1ccccc1C(=O)OCCCCCCCCCCCCCCCCCCCCCCOC(=O)C=C. The first-order valence-corrected chi connectivity index (χ1v) is 27.5. The van der Waals surface area contributed by atoms with Crippen molar-refractivity contribution >= 4 is 23.9 Å². The van der Waals surface area contributed by atoms with Gasteiger partial charge in [0.15, 0.2) is 0 Å². The first-order chi connectivity index (χ1) is 32.5. The van der Waals surface area contributed by atoms with Gasteiger partial charge in [-0.15, -0.1) is 0 Å². The molecule has 66 heavy (non-hydrogen) atoms. The summed E-state index contributed by atoms with van der Waals surface area (Å²) in [6, 6.07) is 6.85. The number of rotatable bonds is 50. The summed E-state index contributed by atoms with van der Waals surface area (Å²) in [6.45, 7) is 8.61. The van der Waals surface area contributed by atoms with Crippen molar-refractivity contribution in [3.8, 4) is 0 Å². The molecule has 0 bridgehead atoms. The summed E-state index contributed by atoms with van der Waals surface area (Å²) in [5.41, 5.74) is 0.587. The Balaban J connectivity index is 1.88. The molecule has 0 fully saturated rings. The number of benzene rings is 1. The Morgan fingerprint density at radius 1 is 0.288 bits per heavy atom. The summed E-state index contributed by atoms with van der Waals surface area (Å²) in [5.74, 6) is -1.52. The molecular formula is C58H98O8. The van der Waals surface area contributed by atoms with E-state index in [0.29, 0.717) is 37.6 Å². The van der Waals surface area contributed by atoms with E-state index in [1.807, 2.05) is 0 Å². The maximum absolute atomic E-state index is 12.8. The lowest BCUT2D eigenvalue weighted by Crippen LogP contribution is -2.15. The van der Waals surface area contributed by atoms with Crippen LogP contribution in [0.2, 0.25) is 0 Å². The number of esters is 4. The van der Waals surface area contributed by atoms with Gasteiger partial charge in [0.1, 0.15) is 0 Å². The summed E-state index contributed by atoms with van der Waals surface area (Å²) in [6.07, 6.45) is 52.6. The minimum atomic E-state index is -0.443. The molecule has 0 aromatic heterocycles. The van der Waals surface area contributed by atoms with E-state index in [1.54, 1.807) is 24.3 Å². The van der Waals surface area contributed by atoms with Gasteiger partial charge in [0.2, 0.25) is 0 Å². The Labute approximate surface area is 404 Å². The smallest absolute Gasteiger partial charge is 0.339 e. The number of unbranched alkanes of at least 4 members (excludes halogenated alkanes) is 38. The predicted octanol–water partition coefficient (Wildman–Crippen LogP) is 17.1. The van der Waals surface area contributed by atoms with Gasteiger partial charge in [-0.3, -0.25) is 0 Å². The minimum absolute atomic E-state index is 0.293. The quantitative estimate of drug-likeness (QED) is 0.0275. The fourth-order valence-corrected chi connectivity index (χ4v) is 8.56. The molecule has 0 atom stereocenters. The number of hydrogen-bond acceptors (Lipinski definition) is 8. The first-order valence-electron chi connectivity index (χ1n) is 27.5. The summed E-state index contributed by atoms with van der Waals surface area (Å²) < 4.78 is 21.1. The summed E-state index contributed by atoms with van der Waals surface area (Å²) in [5, 5.41) is 0. The van der Waals surface area contributed by atoms with E-state index in [1.165, 1.54) is 218 Å². The standard InChI is InChI=1S/C58H98O8/c1-3-55(59)63-49-43-37-33-29-25-21-17-13-9-5-7-11-15-19-23-27-31-35-39-45-51-65-57(61)53-47-41-42-48-54(53)58(62)66-52-46-40-36-32-28-24-20-16-12-8-6-10-14-18-22-26-30-34-38-44-50-64-56(60)4-2/h3-4,41-42,47-48H,1-2,5-40,43-46,49-52H2. The molecule has 0 saturated carbocycles. The maximum atomic E-state index is 12.8. The Morgan fingerprint density at radius 2 is 0.455 bits per heavy atom. The lowest BCUT2D eigenvalue weighted by molar-refractivity contribution is -0.138. The molecule has 0 spiro atoms. The average Bonchev–Trinajstić information content (AvgIpc) is 3.33. The third-order valence-corrected chi connectivity index (χ3v) is 12.7. The number of carbonyl (C=O) groups is 4. The highest BCUT2D eigenvalue weighted by molar-refractivity contribution is 6.03. The van der Waals surface area contributed by atoms with Gasteiger partial charge in [-0.1, -0.05) is 256 Å². The zero-order chi connectivity index (χ0) is 47.6. The second-order valence-electron chi connectivity index (χ2n) is 18.7. The fourth-order valence-electron chi connectivity index (χ4n) is 8.56. The van der Waals surface area contributed by atoms with E-state index in [2.05, 4.69) is 13.2 Å². The molecule has 1 aromatic rings. The topological polar surface area (TPSA) is 105 Å². The van der Waals surface area contributed by atoms with Crippen LogP contribution >= 0.6 is 0 Å². The molecule has 0 amide bonds. The lowest BCUT2D eigenvalue weighted by Gasteiger charge is -2.10. The van der Waals surface area contributed by atoms with Crippen LogP contribution in [-0.4, -0.2) is 50.3 Å².